The van der Waals surface area contributed by atoms with Crippen LogP contribution in [0.1, 0.15) is 25.3 Å². The number of benzene rings is 1. The van der Waals surface area contributed by atoms with E-state index in [1.165, 1.54) is 18.4 Å². The second-order valence-electron chi connectivity index (χ2n) is 6.12. The Bertz CT molecular complexity index is 585. The Balaban J connectivity index is 1.57. The first-order chi connectivity index (χ1) is 10.8. The normalized spacial score (nSPS) is 18.2. The zero-order valence-electron chi connectivity index (χ0n) is 13.2. The molecule has 2 heterocycles. The highest BCUT2D eigenvalue weighted by Gasteiger charge is 2.17. The van der Waals surface area contributed by atoms with Gasteiger partial charge in [-0.1, -0.05) is 37.3 Å². The lowest BCUT2D eigenvalue weighted by atomic mass is 10.0. The van der Waals surface area contributed by atoms with Crippen molar-refractivity contribution >= 4 is 11.6 Å². The van der Waals surface area contributed by atoms with Crippen molar-refractivity contribution in [3.8, 4) is 0 Å². The van der Waals surface area contributed by atoms with Crippen LogP contribution in [-0.2, 0) is 6.42 Å². The Morgan fingerprint density at radius 2 is 2.09 bits per heavy atom. The predicted octanol–water partition coefficient (Wildman–Crippen LogP) is 3.37. The Morgan fingerprint density at radius 3 is 2.91 bits per heavy atom. The van der Waals surface area contributed by atoms with Crippen LogP contribution >= 0.6 is 0 Å². The molecule has 0 radical (unpaired) electrons. The van der Waals surface area contributed by atoms with Crippen LogP contribution in [0.3, 0.4) is 0 Å². The fraction of sp³-hybridized carbons (Fsp3) is 0.444. The minimum Gasteiger partial charge on any atom is -0.370 e. The fourth-order valence-electron chi connectivity index (χ4n) is 2.99. The molecule has 1 aromatic heterocycles. The molecule has 4 nitrogen and oxygen atoms in total. The van der Waals surface area contributed by atoms with Gasteiger partial charge in [-0.05, 0) is 30.7 Å². The summed E-state index contributed by atoms with van der Waals surface area (Å²) in [5.74, 6) is 2.71. The molecule has 2 aromatic rings. The van der Waals surface area contributed by atoms with E-state index in [1.54, 1.807) is 6.33 Å². The zero-order valence-corrected chi connectivity index (χ0v) is 13.2. The van der Waals surface area contributed by atoms with Crippen LogP contribution in [0.2, 0.25) is 0 Å². The summed E-state index contributed by atoms with van der Waals surface area (Å²) < 4.78 is 0. The first kappa shape index (κ1) is 14.8. The summed E-state index contributed by atoms with van der Waals surface area (Å²) in [7, 11) is 0. The van der Waals surface area contributed by atoms with Gasteiger partial charge in [0.15, 0.2) is 0 Å². The summed E-state index contributed by atoms with van der Waals surface area (Å²) in [6.07, 6.45) is 5.24. The minimum absolute atomic E-state index is 0.748. The van der Waals surface area contributed by atoms with E-state index in [0.29, 0.717) is 0 Å². The standard InChI is InChI=1S/C18H24N4/c1-15-6-5-11-22(13-15)18-12-17(20-14-21-18)19-10-9-16-7-3-2-4-8-16/h2-4,7-8,12,14-15H,5-6,9-11,13H2,1H3,(H,19,20,21). The van der Waals surface area contributed by atoms with Crippen molar-refractivity contribution in [2.75, 3.05) is 29.9 Å². The van der Waals surface area contributed by atoms with Gasteiger partial charge in [-0.25, -0.2) is 9.97 Å². The number of anilines is 2. The van der Waals surface area contributed by atoms with Gasteiger partial charge in [0, 0.05) is 25.7 Å². The number of nitrogens with one attached hydrogen (secondary N) is 1. The van der Waals surface area contributed by atoms with Crippen molar-refractivity contribution in [3.63, 3.8) is 0 Å². The Morgan fingerprint density at radius 1 is 1.23 bits per heavy atom. The maximum Gasteiger partial charge on any atom is 0.134 e. The molecule has 22 heavy (non-hydrogen) atoms. The smallest absolute Gasteiger partial charge is 0.134 e. The summed E-state index contributed by atoms with van der Waals surface area (Å²) >= 11 is 0. The maximum absolute atomic E-state index is 4.44. The molecule has 1 aliphatic rings. The van der Waals surface area contributed by atoms with E-state index in [2.05, 4.69) is 57.4 Å². The van der Waals surface area contributed by atoms with Gasteiger partial charge >= 0.3 is 0 Å². The zero-order chi connectivity index (χ0) is 15.2. The molecule has 1 N–H and O–H groups in total. The third-order valence-corrected chi connectivity index (χ3v) is 4.20. The van der Waals surface area contributed by atoms with Crippen molar-refractivity contribution in [3.05, 3.63) is 48.3 Å². The SMILES string of the molecule is CC1CCCN(c2cc(NCCc3ccccc3)ncn2)C1. The molecule has 1 fully saturated rings. The number of rotatable bonds is 5. The van der Waals surface area contributed by atoms with Gasteiger partial charge in [-0.3, -0.25) is 0 Å². The van der Waals surface area contributed by atoms with E-state index >= 15 is 0 Å². The fourth-order valence-corrected chi connectivity index (χ4v) is 2.99. The van der Waals surface area contributed by atoms with E-state index < -0.39 is 0 Å². The molecule has 1 atom stereocenters. The highest BCUT2D eigenvalue weighted by atomic mass is 15.2. The number of hydrogen-bond acceptors (Lipinski definition) is 4. The van der Waals surface area contributed by atoms with Gasteiger partial charge in [-0.2, -0.15) is 0 Å². The lowest BCUT2D eigenvalue weighted by Gasteiger charge is -2.31. The van der Waals surface area contributed by atoms with Crippen molar-refractivity contribution in [2.45, 2.75) is 26.2 Å². The lowest BCUT2D eigenvalue weighted by molar-refractivity contribution is 0.444. The monoisotopic (exact) mass is 296 g/mol. The summed E-state index contributed by atoms with van der Waals surface area (Å²) in [5.41, 5.74) is 1.34. The number of hydrogen-bond donors (Lipinski definition) is 1. The van der Waals surface area contributed by atoms with Crippen molar-refractivity contribution in [1.82, 2.24) is 9.97 Å². The van der Waals surface area contributed by atoms with Crippen molar-refractivity contribution in [1.29, 1.82) is 0 Å². The van der Waals surface area contributed by atoms with Gasteiger partial charge in [0.2, 0.25) is 0 Å². The largest absolute Gasteiger partial charge is 0.370 e. The van der Waals surface area contributed by atoms with E-state index in [1.807, 2.05) is 6.07 Å². The highest BCUT2D eigenvalue weighted by molar-refractivity contribution is 5.48. The average molecular weight is 296 g/mol. The Kier molecular flexibility index (Phi) is 4.88. The van der Waals surface area contributed by atoms with E-state index in [-0.39, 0.29) is 0 Å². The summed E-state index contributed by atoms with van der Waals surface area (Å²) in [6, 6.07) is 12.6. The number of piperidine rings is 1. The van der Waals surface area contributed by atoms with Crippen molar-refractivity contribution < 1.29 is 0 Å². The van der Waals surface area contributed by atoms with Crippen LogP contribution in [0.25, 0.3) is 0 Å². The first-order valence-electron chi connectivity index (χ1n) is 8.16. The van der Waals surface area contributed by atoms with Crippen LogP contribution in [0.15, 0.2) is 42.7 Å². The molecule has 116 valence electrons. The average Bonchev–Trinajstić information content (AvgIpc) is 2.56. The van der Waals surface area contributed by atoms with Gasteiger partial charge in [-0.15, -0.1) is 0 Å². The third kappa shape index (κ3) is 3.97. The molecule has 1 saturated heterocycles. The van der Waals surface area contributed by atoms with Gasteiger partial charge < -0.3 is 10.2 Å². The lowest BCUT2D eigenvalue weighted by Crippen LogP contribution is -2.34. The Labute approximate surface area is 132 Å². The quantitative estimate of drug-likeness (QED) is 0.918. The summed E-state index contributed by atoms with van der Waals surface area (Å²) in [4.78, 5) is 11.1. The van der Waals surface area contributed by atoms with Gasteiger partial charge in [0.1, 0.15) is 18.0 Å². The minimum atomic E-state index is 0.748. The van der Waals surface area contributed by atoms with Crippen LogP contribution < -0.4 is 10.2 Å². The van der Waals surface area contributed by atoms with Crippen LogP contribution in [0, 0.1) is 5.92 Å². The Hall–Kier alpha value is -2.10. The second kappa shape index (κ2) is 7.25. The number of aromatic nitrogens is 2. The topological polar surface area (TPSA) is 41.0 Å². The molecule has 0 spiro atoms. The van der Waals surface area contributed by atoms with E-state index in [0.717, 1.165) is 43.6 Å². The van der Waals surface area contributed by atoms with Gasteiger partial charge in [0.05, 0.1) is 0 Å². The summed E-state index contributed by atoms with van der Waals surface area (Å²) in [5, 5.41) is 3.41. The second-order valence-corrected chi connectivity index (χ2v) is 6.12. The molecular weight excluding hydrogens is 272 g/mol. The predicted molar refractivity (Wildman–Crippen MR) is 91.3 cm³/mol. The highest BCUT2D eigenvalue weighted by Crippen LogP contribution is 2.22. The molecule has 0 bridgehead atoms. The first-order valence-corrected chi connectivity index (χ1v) is 8.16. The van der Waals surface area contributed by atoms with Crippen LogP contribution in [0.5, 0.6) is 0 Å². The van der Waals surface area contributed by atoms with E-state index in [9.17, 15) is 0 Å². The maximum atomic E-state index is 4.44. The number of nitrogens with zero attached hydrogens (tertiary/aromatic N) is 3. The van der Waals surface area contributed by atoms with Crippen LogP contribution in [0.4, 0.5) is 11.6 Å². The molecule has 3 rings (SSSR count). The summed E-state index contributed by atoms with van der Waals surface area (Å²) in [6.45, 7) is 5.40. The molecule has 4 heteroatoms. The van der Waals surface area contributed by atoms with Gasteiger partial charge in [0.25, 0.3) is 0 Å². The van der Waals surface area contributed by atoms with Crippen molar-refractivity contribution in [2.24, 2.45) is 5.92 Å². The van der Waals surface area contributed by atoms with Crippen LogP contribution in [-0.4, -0.2) is 29.6 Å². The molecule has 1 unspecified atom stereocenters. The molecule has 0 amide bonds. The molecule has 1 aromatic carbocycles. The molecule has 0 saturated carbocycles. The third-order valence-electron chi connectivity index (χ3n) is 4.20. The molecule has 0 aliphatic carbocycles. The van der Waals surface area contributed by atoms with E-state index in [4.69, 9.17) is 0 Å². The molecular formula is C18H24N4. The molecule has 1 aliphatic heterocycles.